The van der Waals surface area contributed by atoms with Crippen LogP contribution in [0.2, 0.25) is 0 Å². The molecule has 1 amide bonds. The van der Waals surface area contributed by atoms with Crippen LogP contribution in [-0.4, -0.2) is 28.5 Å². The second-order valence-electron chi connectivity index (χ2n) is 8.89. The molecule has 0 fully saturated rings. The number of para-hydroxylation sites is 1. The van der Waals surface area contributed by atoms with E-state index in [1.165, 1.54) is 11.6 Å². The molecule has 0 saturated heterocycles. The molecular weight excluding hydrogens is 482 g/mol. The normalized spacial score (nSPS) is 11.2. The maximum atomic E-state index is 13.2. The Balaban J connectivity index is 1.79. The first-order valence-corrected chi connectivity index (χ1v) is 11.5. The number of hydrogen-bond acceptors (Lipinski definition) is 3. The monoisotopic (exact) mass is 509 g/mol. The third-order valence-corrected chi connectivity index (χ3v) is 5.92. The molecule has 3 rings (SSSR count). The van der Waals surface area contributed by atoms with Crippen molar-refractivity contribution in [3.8, 4) is 5.75 Å². The van der Waals surface area contributed by atoms with E-state index in [9.17, 15) is 14.7 Å². The summed E-state index contributed by atoms with van der Waals surface area (Å²) in [5, 5.41) is 9.44. The molecule has 0 aliphatic rings. The van der Waals surface area contributed by atoms with Crippen molar-refractivity contribution in [1.82, 2.24) is 4.90 Å². The number of carboxylic acid groups (broad SMARTS) is 1. The number of aromatic carboxylic acids is 1. The Morgan fingerprint density at radius 1 is 0.879 bits per heavy atom. The van der Waals surface area contributed by atoms with Gasteiger partial charge in [0, 0.05) is 13.1 Å². The molecule has 0 atom stereocenters. The van der Waals surface area contributed by atoms with Crippen LogP contribution in [0.25, 0.3) is 0 Å². The van der Waals surface area contributed by atoms with Crippen molar-refractivity contribution in [3.63, 3.8) is 0 Å². The van der Waals surface area contributed by atoms with Crippen molar-refractivity contribution in [2.45, 2.75) is 39.3 Å². The maximum absolute atomic E-state index is 13.2. The van der Waals surface area contributed by atoms with E-state index in [0.717, 1.165) is 11.1 Å². The van der Waals surface area contributed by atoms with Crippen molar-refractivity contribution >= 4 is 27.8 Å². The summed E-state index contributed by atoms with van der Waals surface area (Å²) < 4.78 is 6.18. The standard InChI is InChI=1S/C27H28BrNO4/c1-27(2,3)21-14-12-20(13-15-21)17-29(16-19-8-5-4-6-9-19)24(30)18-33-25-22(26(31)32)10-7-11-23(25)28/h4-15H,16-18H2,1-3H3,(H,31,32). The van der Waals surface area contributed by atoms with Crippen LogP contribution >= 0.6 is 15.9 Å². The third-order valence-electron chi connectivity index (χ3n) is 5.30. The van der Waals surface area contributed by atoms with Crippen LogP contribution in [-0.2, 0) is 23.3 Å². The van der Waals surface area contributed by atoms with Crippen molar-refractivity contribution < 1.29 is 19.4 Å². The minimum Gasteiger partial charge on any atom is -0.482 e. The zero-order valence-corrected chi connectivity index (χ0v) is 20.6. The molecule has 1 N–H and O–H groups in total. The van der Waals surface area contributed by atoms with Gasteiger partial charge >= 0.3 is 5.97 Å². The van der Waals surface area contributed by atoms with Gasteiger partial charge in [-0.05, 0) is 50.2 Å². The van der Waals surface area contributed by atoms with Crippen molar-refractivity contribution in [2.24, 2.45) is 0 Å². The molecule has 0 aliphatic carbocycles. The molecule has 0 saturated carbocycles. The van der Waals surface area contributed by atoms with Crippen LogP contribution in [0.1, 0.15) is 47.8 Å². The third kappa shape index (κ3) is 6.68. The van der Waals surface area contributed by atoms with Crippen LogP contribution in [0.5, 0.6) is 5.75 Å². The lowest BCUT2D eigenvalue weighted by Gasteiger charge is -2.24. The number of carboxylic acids is 1. The first kappa shape index (κ1) is 24.5. The first-order valence-electron chi connectivity index (χ1n) is 10.7. The maximum Gasteiger partial charge on any atom is 0.339 e. The summed E-state index contributed by atoms with van der Waals surface area (Å²) in [6, 6.07) is 22.8. The average Bonchev–Trinajstić information content (AvgIpc) is 2.78. The highest BCUT2D eigenvalue weighted by Gasteiger charge is 2.20. The van der Waals surface area contributed by atoms with E-state index in [-0.39, 0.29) is 29.2 Å². The number of hydrogen-bond donors (Lipinski definition) is 1. The number of nitrogens with zero attached hydrogens (tertiary/aromatic N) is 1. The van der Waals surface area contributed by atoms with Crippen molar-refractivity contribution in [1.29, 1.82) is 0 Å². The number of carbonyl (C=O) groups is 2. The van der Waals surface area contributed by atoms with Gasteiger partial charge in [-0.25, -0.2) is 4.79 Å². The van der Waals surface area contributed by atoms with Gasteiger partial charge in [0.2, 0.25) is 0 Å². The van der Waals surface area contributed by atoms with E-state index in [1.54, 1.807) is 17.0 Å². The van der Waals surface area contributed by atoms with E-state index in [2.05, 4.69) is 48.8 Å². The molecule has 6 heteroatoms. The van der Waals surface area contributed by atoms with Crippen LogP contribution in [0, 0.1) is 0 Å². The average molecular weight is 510 g/mol. The highest BCUT2D eigenvalue weighted by molar-refractivity contribution is 9.10. The number of ether oxygens (including phenoxy) is 1. The fraction of sp³-hybridized carbons (Fsp3) is 0.259. The number of carbonyl (C=O) groups excluding carboxylic acids is 1. The van der Waals surface area contributed by atoms with Gasteiger partial charge in [-0.2, -0.15) is 0 Å². The lowest BCUT2D eigenvalue weighted by molar-refractivity contribution is -0.134. The molecule has 5 nitrogen and oxygen atoms in total. The Labute approximate surface area is 203 Å². The van der Waals surface area contributed by atoms with Gasteiger partial charge < -0.3 is 14.7 Å². The van der Waals surface area contributed by atoms with Gasteiger partial charge in [0.1, 0.15) is 11.3 Å². The predicted octanol–water partition coefficient (Wildman–Crippen LogP) is 6.05. The lowest BCUT2D eigenvalue weighted by Crippen LogP contribution is -2.34. The largest absolute Gasteiger partial charge is 0.482 e. The van der Waals surface area contributed by atoms with E-state index < -0.39 is 5.97 Å². The molecule has 33 heavy (non-hydrogen) atoms. The molecule has 0 aliphatic heterocycles. The summed E-state index contributed by atoms with van der Waals surface area (Å²) in [6.07, 6.45) is 0. The Hall–Kier alpha value is -3.12. The summed E-state index contributed by atoms with van der Waals surface area (Å²) in [6.45, 7) is 7.07. The van der Waals surface area contributed by atoms with Crippen molar-refractivity contribution in [3.05, 3.63) is 99.5 Å². The van der Waals surface area contributed by atoms with Crippen LogP contribution in [0.4, 0.5) is 0 Å². The van der Waals surface area contributed by atoms with Gasteiger partial charge in [-0.1, -0.05) is 81.4 Å². The van der Waals surface area contributed by atoms with E-state index in [1.807, 2.05) is 42.5 Å². The van der Waals surface area contributed by atoms with E-state index in [0.29, 0.717) is 17.6 Å². The highest BCUT2D eigenvalue weighted by atomic mass is 79.9. The number of halogens is 1. The topological polar surface area (TPSA) is 66.8 Å². The van der Waals surface area contributed by atoms with Crippen LogP contribution < -0.4 is 4.74 Å². The van der Waals surface area contributed by atoms with Gasteiger partial charge in [0.15, 0.2) is 6.61 Å². The van der Waals surface area contributed by atoms with E-state index >= 15 is 0 Å². The molecule has 0 bridgehead atoms. The van der Waals surface area contributed by atoms with Gasteiger partial charge in [-0.15, -0.1) is 0 Å². The summed E-state index contributed by atoms with van der Waals surface area (Å²) in [4.78, 5) is 26.4. The number of rotatable bonds is 8. The zero-order chi connectivity index (χ0) is 24.0. The molecule has 0 unspecified atom stereocenters. The van der Waals surface area contributed by atoms with Gasteiger partial charge in [0.05, 0.1) is 4.47 Å². The Kier molecular flexibility index (Phi) is 7.92. The molecule has 0 spiro atoms. The zero-order valence-electron chi connectivity index (χ0n) is 19.0. The first-order chi connectivity index (χ1) is 15.6. The van der Waals surface area contributed by atoms with Gasteiger partial charge in [0.25, 0.3) is 5.91 Å². The SMILES string of the molecule is CC(C)(C)c1ccc(CN(Cc2ccccc2)C(=O)COc2c(Br)cccc2C(=O)O)cc1. The Bertz CT molecular complexity index is 1110. The van der Waals surface area contributed by atoms with Crippen molar-refractivity contribution in [2.75, 3.05) is 6.61 Å². The number of amides is 1. The smallest absolute Gasteiger partial charge is 0.339 e. The summed E-state index contributed by atoms with van der Waals surface area (Å²) in [7, 11) is 0. The Morgan fingerprint density at radius 2 is 1.48 bits per heavy atom. The summed E-state index contributed by atoms with van der Waals surface area (Å²) in [5.74, 6) is -1.20. The molecule has 0 heterocycles. The number of benzene rings is 3. The molecular formula is C27H28BrNO4. The van der Waals surface area contributed by atoms with Crippen LogP contribution in [0.15, 0.2) is 77.3 Å². The lowest BCUT2D eigenvalue weighted by atomic mass is 9.87. The fourth-order valence-electron chi connectivity index (χ4n) is 3.42. The molecule has 0 radical (unpaired) electrons. The molecule has 0 aromatic heterocycles. The summed E-state index contributed by atoms with van der Waals surface area (Å²) >= 11 is 3.32. The molecule has 3 aromatic rings. The molecule has 3 aromatic carbocycles. The predicted molar refractivity (Wildman–Crippen MR) is 132 cm³/mol. The second-order valence-corrected chi connectivity index (χ2v) is 9.75. The molecule has 172 valence electrons. The van der Waals surface area contributed by atoms with E-state index in [4.69, 9.17) is 4.74 Å². The fourth-order valence-corrected chi connectivity index (χ4v) is 3.90. The second kappa shape index (κ2) is 10.7. The summed E-state index contributed by atoms with van der Waals surface area (Å²) in [5.41, 5.74) is 3.30. The van der Waals surface area contributed by atoms with Crippen LogP contribution in [0.3, 0.4) is 0 Å². The quantitative estimate of drug-likeness (QED) is 0.401. The minimum absolute atomic E-state index is 0.00422. The minimum atomic E-state index is -1.11. The van der Waals surface area contributed by atoms with Gasteiger partial charge in [-0.3, -0.25) is 4.79 Å². The Morgan fingerprint density at radius 3 is 2.06 bits per heavy atom. The highest BCUT2D eigenvalue weighted by Crippen LogP contribution is 2.29.